The van der Waals surface area contributed by atoms with Crippen LogP contribution in [0.5, 0.6) is 0 Å². The van der Waals surface area contributed by atoms with E-state index in [0.29, 0.717) is 12.2 Å². The second-order valence-electron chi connectivity index (χ2n) is 4.35. The van der Waals surface area contributed by atoms with Crippen LogP contribution in [-0.4, -0.2) is 30.4 Å². The first kappa shape index (κ1) is 13.7. The van der Waals surface area contributed by atoms with E-state index in [9.17, 15) is 4.79 Å². The Bertz CT molecular complexity index is 367. The van der Waals surface area contributed by atoms with Gasteiger partial charge in [-0.3, -0.25) is 0 Å². The first-order valence-electron chi connectivity index (χ1n) is 5.39. The van der Waals surface area contributed by atoms with Crippen molar-refractivity contribution < 1.29 is 23.8 Å². The highest BCUT2D eigenvalue weighted by Crippen LogP contribution is 2.15. The van der Waals surface area contributed by atoms with Crippen LogP contribution in [0.25, 0.3) is 0 Å². The van der Waals surface area contributed by atoms with E-state index in [1.54, 1.807) is 13.2 Å². The molecule has 0 fully saturated rings. The standard InChI is InChI=1S/C12H18O5/c1-12(2,15-3)5-7-16-8-9-4-6-17-10(9)11(13)14/h4,6H,5,7-8H2,1-3H3,(H,13,14). The fourth-order valence-corrected chi connectivity index (χ4v) is 1.24. The van der Waals surface area contributed by atoms with Gasteiger partial charge in [-0.15, -0.1) is 0 Å². The zero-order valence-corrected chi connectivity index (χ0v) is 10.4. The van der Waals surface area contributed by atoms with Crippen molar-refractivity contribution in [2.24, 2.45) is 0 Å². The van der Waals surface area contributed by atoms with Crippen LogP contribution in [0.2, 0.25) is 0 Å². The average molecular weight is 242 g/mol. The average Bonchev–Trinajstić information content (AvgIpc) is 2.73. The summed E-state index contributed by atoms with van der Waals surface area (Å²) in [5.41, 5.74) is 0.319. The van der Waals surface area contributed by atoms with Crippen molar-refractivity contribution in [3.8, 4) is 0 Å². The topological polar surface area (TPSA) is 68.9 Å². The van der Waals surface area contributed by atoms with Crippen LogP contribution in [0, 0.1) is 0 Å². The summed E-state index contributed by atoms with van der Waals surface area (Å²) in [5.74, 6) is -1.14. The Morgan fingerprint density at radius 3 is 2.82 bits per heavy atom. The molecule has 96 valence electrons. The Balaban J connectivity index is 2.36. The lowest BCUT2D eigenvalue weighted by molar-refractivity contribution is -0.0126. The maximum atomic E-state index is 10.8. The van der Waals surface area contributed by atoms with Crippen molar-refractivity contribution in [1.82, 2.24) is 0 Å². The lowest BCUT2D eigenvalue weighted by Crippen LogP contribution is -2.24. The monoisotopic (exact) mass is 242 g/mol. The number of methoxy groups -OCH3 is 1. The predicted molar refractivity (Wildman–Crippen MR) is 61.0 cm³/mol. The first-order valence-corrected chi connectivity index (χ1v) is 5.39. The van der Waals surface area contributed by atoms with Gasteiger partial charge in [-0.1, -0.05) is 0 Å². The number of aromatic carboxylic acids is 1. The molecule has 0 aliphatic heterocycles. The van der Waals surface area contributed by atoms with Gasteiger partial charge < -0.3 is 19.0 Å². The highest BCUT2D eigenvalue weighted by Gasteiger charge is 2.17. The molecular weight excluding hydrogens is 224 g/mol. The third-order valence-corrected chi connectivity index (χ3v) is 2.60. The van der Waals surface area contributed by atoms with Crippen molar-refractivity contribution in [2.45, 2.75) is 32.5 Å². The molecule has 1 heterocycles. The highest BCUT2D eigenvalue weighted by atomic mass is 16.5. The minimum atomic E-state index is -1.08. The smallest absolute Gasteiger partial charge is 0.372 e. The van der Waals surface area contributed by atoms with Crippen molar-refractivity contribution in [2.75, 3.05) is 13.7 Å². The third-order valence-electron chi connectivity index (χ3n) is 2.60. The summed E-state index contributed by atoms with van der Waals surface area (Å²) in [7, 11) is 1.65. The van der Waals surface area contributed by atoms with E-state index < -0.39 is 5.97 Å². The number of hydrogen-bond donors (Lipinski definition) is 1. The fraction of sp³-hybridized carbons (Fsp3) is 0.583. The van der Waals surface area contributed by atoms with E-state index in [1.807, 2.05) is 13.8 Å². The number of carboxylic acid groups (broad SMARTS) is 1. The van der Waals surface area contributed by atoms with Crippen molar-refractivity contribution in [1.29, 1.82) is 0 Å². The third kappa shape index (κ3) is 4.20. The summed E-state index contributed by atoms with van der Waals surface area (Å²) in [6.45, 7) is 4.68. The molecule has 0 spiro atoms. The van der Waals surface area contributed by atoms with E-state index in [2.05, 4.69) is 0 Å². The maximum absolute atomic E-state index is 10.8. The quantitative estimate of drug-likeness (QED) is 0.743. The van der Waals surface area contributed by atoms with E-state index in [4.69, 9.17) is 19.0 Å². The Morgan fingerprint density at radius 1 is 1.53 bits per heavy atom. The molecule has 0 bridgehead atoms. The zero-order valence-electron chi connectivity index (χ0n) is 10.4. The van der Waals surface area contributed by atoms with Gasteiger partial charge in [0.05, 0.1) is 18.5 Å². The second kappa shape index (κ2) is 5.84. The van der Waals surface area contributed by atoms with E-state index in [1.165, 1.54) is 6.26 Å². The molecule has 1 rings (SSSR count). The summed E-state index contributed by atoms with van der Waals surface area (Å²) < 4.78 is 15.5. The maximum Gasteiger partial charge on any atom is 0.372 e. The molecule has 0 aliphatic carbocycles. The van der Waals surface area contributed by atoms with Gasteiger partial charge in [0.25, 0.3) is 0 Å². The molecule has 0 aliphatic rings. The molecule has 0 atom stereocenters. The second-order valence-corrected chi connectivity index (χ2v) is 4.35. The molecule has 1 aromatic rings. The highest BCUT2D eigenvalue weighted by molar-refractivity contribution is 5.85. The Labute approximate surface area is 100 Å². The number of rotatable bonds is 7. The van der Waals surface area contributed by atoms with Crippen molar-refractivity contribution in [3.63, 3.8) is 0 Å². The van der Waals surface area contributed by atoms with Gasteiger partial charge >= 0.3 is 5.97 Å². The predicted octanol–water partition coefficient (Wildman–Crippen LogP) is 2.31. The lowest BCUT2D eigenvalue weighted by atomic mass is 10.1. The molecule has 1 N–H and O–H groups in total. The van der Waals surface area contributed by atoms with Crippen LogP contribution in [0.15, 0.2) is 16.7 Å². The SMILES string of the molecule is COC(C)(C)CCOCc1ccoc1C(=O)O. The largest absolute Gasteiger partial charge is 0.475 e. The number of ether oxygens (including phenoxy) is 2. The molecule has 0 amide bonds. The number of hydrogen-bond acceptors (Lipinski definition) is 4. The molecule has 0 saturated carbocycles. The van der Waals surface area contributed by atoms with Crippen LogP contribution < -0.4 is 0 Å². The van der Waals surface area contributed by atoms with Gasteiger partial charge in [0.15, 0.2) is 0 Å². The van der Waals surface area contributed by atoms with Gasteiger partial charge in [0.1, 0.15) is 0 Å². The summed E-state index contributed by atoms with van der Waals surface area (Å²) >= 11 is 0. The molecule has 5 nitrogen and oxygen atoms in total. The minimum Gasteiger partial charge on any atom is -0.475 e. The molecular formula is C12H18O5. The van der Waals surface area contributed by atoms with Crippen molar-refractivity contribution >= 4 is 5.97 Å². The summed E-state index contributed by atoms with van der Waals surface area (Å²) in [6.07, 6.45) is 2.09. The number of carbonyl (C=O) groups is 1. The molecule has 0 saturated heterocycles. The van der Waals surface area contributed by atoms with Crippen LogP contribution in [-0.2, 0) is 16.1 Å². The molecule has 0 aromatic carbocycles. The van der Waals surface area contributed by atoms with Gasteiger partial charge in [0.2, 0.25) is 5.76 Å². The zero-order chi connectivity index (χ0) is 12.9. The molecule has 17 heavy (non-hydrogen) atoms. The Kier molecular flexibility index (Phi) is 4.72. The number of carboxylic acids is 1. The minimum absolute atomic E-state index is 0.0593. The van der Waals surface area contributed by atoms with E-state index >= 15 is 0 Å². The van der Waals surface area contributed by atoms with Gasteiger partial charge in [-0.2, -0.15) is 0 Å². The Hall–Kier alpha value is -1.33. The summed E-state index contributed by atoms with van der Waals surface area (Å²) in [5, 5.41) is 8.81. The van der Waals surface area contributed by atoms with Gasteiger partial charge in [-0.25, -0.2) is 4.79 Å². The molecule has 0 radical (unpaired) electrons. The van der Waals surface area contributed by atoms with Crippen molar-refractivity contribution in [3.05, 3.63) is 23.7 Å². The van der Waals surface area contributed by atoms with Gasteiger partial charge in [-0.05, 0) is 26.3 Å². The van der Waals surface area contributed by atoms with E-state index in [-0.39, 0.29) is 18.0 Å². The summed E-state index contributed by atoms with van der Waals surface area (Å²) in [4.78, 5) is 10.8. The van der Waals surface area contributed by atoms with E-state index in [0.717, 1.165) is 6.42 Å². The fourth-order valence-electron chi connectivity index (χ4n) is 1.24. The molecule has 5 heteroatoms. The van der Waals surface area contributed by atoms with Crippen LogP contribution in [0.4, 0.5) is 0 Å². The molecule has 0 unspecified atom stereocenters. The van der Waals surface area contributed by atoms with Crippen LogP contribution in [0.3, 0.4) is 0 Å². The normalized spacial score (nSPS) is 11.7. The molecule has 1 aromatic heterocycles. The Morgan fingerprint density at radius 2 is 2.24 bits per heavy atom. The lowest BCUT2D eigenvalue weighted by Gasteiger charge is -2.22. The first-order chi connectivity index (χ1) is 7.96. The van der Waals surface area contributed by atoms with Gasteiger partial charge in [0, 0.05) is 19.3 Å². The number of furan rings is 1. The van der Waals surface area contributed by atoms with Crippen LogP contribution in [0.1, 0.15) is 36.4 Å². The summed E-state index contributed by atoms with van der Waals surface area (Å²) in [6, 6.07) is 1.60. The van der Waals surface area contributed by atoms with Crippen LogP contribution >= 0.6 is 0 Å².